The first-order valence-electron chi connectivity index (χ1n) is 10.1. The van der Waals surface area contributed by atoms with Gasteiger partial charge in [0, 0.05) is 25.4 Å². The maximum absolute atomic E-state index is 12.4. The minimum Gasteiger partial charge on any atom is -0.491 e. The van der Waals surface area contributed by atoms with Crippen LogP contribution in [0.3, 0.4) is 0 Å². The number of ether oxygens (including phenoxy) is 1. The van der Waals surface area contributed by atoms with Crippen LogP contribution in [0.2, 0.25) is 0 Å². The van der Waals surface area contributed by atoms with Gasteiger partial charge in [0.1, 0.15) is 18.2 Å². The summed E-state index contributed by atoms with van der Waals surface area (Å²) >= 11 is 0. The number of para-hydroxylation sites is 3. The summed E-state index contributed by atoms with van der Waals surface area (Å²) in [5, 5.41) is 0. The fourth-order valence-corrected chi connectivity index (χ4v) is 4.18. The lowest BCUT2D eigenvalue weighted by molar-refractivity contribution is -0.127. The maximum Gasteiger partial charge on any atom is 0.223 e. The van der Waals surface area contributed by atoms with E-state index in [1.165, 1.54) is 0 Å². The van der Waals surface area contributed by atoms with Gasteiger partial charge in [0.2, 0.25) is 5.91 Å². The van der Waals surface area contributed by atoms with Crippen LogP contribution >= 0.6 is 0 Å². The minimum atomic E-state index is 0.0926. The van der Waals surface area contributed by atoms with Crippen molar-refractivity contribution in [2.75, 3.05) is 19.7 Å². The number of carbonyl (C=O) groups is 1. The number of benzene rings is 2. The number of aromatic nitrogens is 2. The number of aryl methyl sites for hydroxylation is 2. The third kappa shape index (κ3) is 3.77. The van der Waals surface area contributed by atoms with Crippen LogP contribution in [-0.2, 0) is 11.3 Å². The van der Waals surface area contributed by atoms with Crippen LogP contribution in [0, 0.1) is 13.8 Å². The largest absolute Gasteiger partial charge is 0.491 e. The number of nitrogens with zero attached hydrogens (tertiary/aromatic N) is 3. The van der Waals surface area contributed by atoms with Crippen molar-refractivity contribution >= 4 is 16.9 Å². The van der Waals surface area contributed by atoms with Gasteiger partial charge in [0.05, 0.1) is 17.6 Å². The molecule has 1 aliphatic heterocycles. The molecule has 2 aromatic carbocycles. The molecule has 1 aliphatic rings. The highest BCUT2D eigenvalue weighted by molar-refractivity contribution is 5.81. The van der Waals surface area contributed by atoms with Crippen LogP contribution in [0.25, 0.3) is 11.0 Å². The van der Waals surface area contributed by atoms with Crippen molar-refractivity contribution in [3.05, 3.63) is 72.1 Å². The van der Waals surface area contributed by atoms with Crippen LogP contribution < -0.4 is 4.74 Å². The molecule has 1 fully saturated rings. The van der Waals surface area contributed by atoms with Crippen molar-refractivity contribution in [1.29, 1.82) is 0 Å². The van der Waals surface area contributed by atoms with Crippen molar-refractivity contribution in [3.8, 4) is 5.75 Å². The molecule has 1 atom stereocenters. The topological polar surface area (TPSA) is 47.4 Å². The maximum atomic E-state index is 12.4. The highest BCUT2D eigenvalue weighted by Gasteiger charge is 2.33. The van der Waals surface area contributed by atoms with Gasteiger partial charge in [0.25, 0.3) is 0 Å². The molecule has 0 unspecified atom stereocenters. The van der Waals surface area contributed by atoms with Gasteiger partial charge in [-0.05, 0) is 37.1 Å². The summed E-state index contributed by atoms with van der Waals surface area (Å²) in [7, 11) is 0. The van der Waals surface area contributed by atoms with E-state index in [1.807, 2.05) is 29.2 Å². The second-order valence-corrected chi connectivity index (χ2v) is 7.67. The Morgan fingerprint density at radius 2 is 1.93 bits per heavy atom. The number of carbonyl (C=O) groups excluding carboxylic acids is 1. The van der Waals surface area contributed by atoms with Gasteiger partial charge in [-0.3, -0.25) is 4.79 Å². The molecule has 1 aromatic heterocycles. The Balaban J connectivity index is 1.59. The highest BCUT2D eigenvalue weighted by atomic mass is 16.5. The van der Waals surface area contributed by atoms with Crippen molar-refractivity contribution in [1.82, 2.24) is 14.5 Å². The molecule has 5 nitrogen and oxygen atoms in total. The number of imidazole rings is 1. The average molecular weight is 389 g/mol. The predicted octanol–water partition coefficient (Wildman–Crippen LogP) is 4.23. The van der Waals surface area contributed by atoms with Gasteiger partial charge in [-0.2, -0.15) is 0 Å². The Morgan fingerprint density at radius 1 is 1.17 bits per heavy atom. The Hall–Kier alpha value is -3.08. The number of amides is 1. The van der Waals surface area contributed by atoms with E-state index in [2.05, 4.69) is 43.2 Å². The van der Waals surface area contributed by atoms with Crippen molar-refractivity contribution in [2.24, 2.45) is 0 Å². The molecule has 0 radical (unpaired) electrons. The molecule has 1 saturated heterocycles. The third-order valence-electron chi connectivity index (χ3n) is 5.58. The molecule has 1 amide bonds. The summed E-state index contributed by atoms with van der Waals surface area (Å²) in [4.78, 5) is 19.1. The minimum absolute atomic E-state index is 0.0926. The normalized spacial score (nSPS) is 16.6. The molecule has 3 aromatic rings. The third-order valence-corrected chi connectivity index (χ3v) is 5.58. The van der Waals surface area contributed by atoms with Gasteiger partial charge < -0.3 is 14.2 Å². The molecule has 4 rings (SSSR count). The Morgan fingerprint density at radius 3 is 2.69 bits per heavy atom. The van der Waals surface area contributed by atoms with E-state index in [0.29, 0.717) is 32.7 Å². The molecule has 150 valence electrons. The Labute approximate surface area is 171 Å². The van der Waals surface area contributed by atoms with Gasteiger partial charge >= 0.3 is 0 Å². The van der Waals surface area contributed by atoms with Crippen LogP contribution in [-0.4, -0.2) is 40.1 Å². The zero-order valence-corrected chi connectivity index (χ0v) is 17.1. The van der Waals surface area contributed by atoms with E-state index >= 15 is 0 Å². The number of fused-ring (bicyclic) bond motifs is 1. The Bertz CT molecular complexity index is 1030. The quantitative estimate of drug-likeness (QED) is 0.568. The van der Waals surface area contributed by atoms with E-state index < -0.39 is 0 Å². The zero-order chi connectivity index (χ0) is 20.4. The number of likely N-dealkylation sites (tertiary alicyclic amines) is 1. The lowest BCUT2D eigenvalue weighted by atomic mass is 10.1. The first-order chi connectivity index (χ1) is 14.1. The van der Waals surface area contributed by atoms with Crippen LogP contribution in [0.5, 0.6) is 5.75 Å². The summed E-state index contributed by atoms with van der Waals surface area (Å²) in [6, 6.07) is 14.3. The number of hydrogen-bond acceptors (Lipinski definition) is 3. The second-order valence-electron chi connectivity index (χ2n) is 7.67. The molecule has 29 heavy (non-hydrogen) atoms. The standard InChI is InChI=1S/C24H27N3O2/c1-4-12-26-16-19(15-22(26)28)24-25-20-10-5-6-11-21(20)27(24)13-14-29-23-17(2)8-7-9-18(23)3/h4-11,19H,1,12-16H2,2-3H3/t19-/m1/s1. The van der Waals surface area contributed by atoms with Crippen molar-refractivity contribution in [3.63, 3.8) is 0 Å². The average Bonchev–Trinajstić information content (AvgIpc) is 3.25. The summed E-state index contributed by atoms with van der Waals surface area (Å²) in [5.74, 6) is 2.18. The molecule has 0 N–H and O–H groups in total. The molecule has 0 bridgehead atoms. The summed E-state index contributed by atoms with van der Waals surface area (Å²) in [6.07, 6.45) is 2.27. The van der Waals surface area contributed by atoms with Gasteiger partial charge in [0.15, 0.2) is 0 Å². The lowest BCUT2D eigenvalue weighted by Crippen LogP contribution is -2.25. The van der Waals surface area contributed by atoms with Gasteiger partial charge in [-0.25, -0.2) is 4.98 Å². The van der Waals surface area contributed by atoms with Crippen LogP contribution in [0.4, 0.5) is 0 Å². The summed E-state index contributed by atoms with van der Waals surface area (Å²) < 4.78 is 8.37. The molecule has 0 spiro atoms. The Kier molecular flexibility index (Phi) is 5.38. The van der Waals surface area contributed by atoms with E-state index in [1.54, 1.807) is 6.08 Å². The molecular formula is C24H27N3O2. The predicted molar refractivity (Wildman–Crippen MR) is 115 cm³/mol. The molecule has 2 heterocycles. The van der Waals surface area contributed by atoms with Crippen molar-refractivity contribution < 1.29 is 9.53 Å². The van der Waals surface area contributed by atoms with E-state index in [9.17, 15) is 4.79 Å². The smallest absolute Gasteiger partial charge is 0.223 e. The lowest BCUT2D eigenvalue weighted by Gasteiger charge is -2.17. The summed E-state index contributed by atoms with van der Waals surface area (Å²) in [5.41, 5.74) is 4.33. The zero-order valence-electron chi connectivity index (χ0n) is 17.1. The van der Waals surface area contributed by atoms with Gasteiger partial charge in [-0.1, -0.05) is 36.4 Å². The second kappa shape index (κ2) is 8.11. The van der Waals surface area contributed by atoms with E-state index in [0.717, 1.165) is 33.7 Å². The van der Waals surface area contributed by atoms with Crippen LogP contribution in [0.15, 0.2) is 55.1 Å². The molecule has 0 saturated carbocycles. The highest BCUT2D eigenvalue weighted by Crippen LogP contribution is 2.30. The van der Waals surface area contributed by atoms with Crippen molar-refractivity contribution in [2.45, 2.75) is 32.7 Å². The number of rotatable bonds is 7. The molecule has 0 aliphatic carbocycles. The fraction of sp³-hybridized carbons (Fsp3) is 0.333. The fourth-order valence-electron chi connectivity index (χ4n) is 4.18. The summed E-state index contributed by atoms with van der Waals surface area (Å²) in [6.45, 7) is 10.4. The van der Waals surface area contributed by atoms with Crippen LogP contribution in [0.1, 0.15) is 29.3 Å². The van der Waals surface area contributed by atoms with E-state index in [-0.39, 0.29) is 11.8 Å². The molecule has 5 heteroatoms. The number of hydrogen-bond donors (Lipinski definition) is 0. The van der Waals surface area contributed by atoms with Gasteiger partial charge in [-0.15, -0.1) is 6.58 Å². The monoisotopic (exact) mass is 389 g/mol. The first kappa shape index (κ1) is 19.2. The first-order valence-corrected chi connectivity index (χ1v) is 10.1. The molecular weight excluding hydrogens is 362 g/mol. The van der Waals surface area contributed by atoms with E-state index in [4.69, 9.17) is 9.72 Å². The SMILES string of the molecule is C=CCN1C[C@H](c2nc3ccccc3n2CCOc2c(C)cccc2C)CC1=O.